The molecule has 0 radical (unpaired) electrons. The Morgan fingerprint density at radius 1 is 1.33 bits per heavy atom. The fraction of sp³-hybridized carbons (Fsp3) is 0.588. The van der Waals surface area contributed by atoms with Crippen molar-refractivity contribution in [1.82, 2.24) is 9.62 Å². The summed E-state index contributed by atoms with van der Waals surface area (Å²) < 4.78 is 29.0. The van der Waals surface area contributed by atoms with Gasteiger partial charge in [-0.15, -0.1) is 0 Å². The van der Waals surface area contributed by atoms with Gasteiger partial charge in [-0.1, -0.05) is 31.5 Å². The van der Waals surface area contributed by atoms with Crippen LogP contribution in [0.2, 0.25) is 5.02 Å². The Balaban J connectivity index is 0.00000364. The van der Waals surface area contributed by atoms with Crippen molar-refractivity contribution >= 4 is 38.6 Å². The van der Waals surface area contributed by atoms with E-state index >= 15 is 0 Å². The van der Waals surface area contributed by atoms with Gasteiger partial charge in [0.25, 0.3) is 0 Å². The van der Waals surface area contributed by atoms with Gasteiger partial charge >= 0.3 is 5.17 Å². The van der Waals surface area contributed by atoms with Crippen molar-refractivity contribution in [3.8, 4) is 0 Å². The lowest BCUT2D eigenvalue weighted by Crippen LogP contribution is -3.00. The molecule has 1 atom stereocenters. The van der Waals surface area contributed by atoms with E-state index in [9.17, 15) is 13.5 Å². The third kappa shape index (κ3) is 5.00. The molecule has 0 bridgehead atoms. The number of rotatable bonds is 7. The van der Waals surface area contributed by atoms with Crippen molar-refractivity contribution in [2.24, 2.45) is 0 Å². The lowest BCUT2D eigenvalue weighted by atomic mass is 10.0. The lowest BCUT2D eigenvalue weighted by Gasteiger charge is -2.27. The second-order valence-electron chi connectivity index (χ2n) is 6.29. The minimum atomic E-state index is -3.71. The highest BCUT2D eigenvalue weighted by Crippen LogP contribution is 2.39. The van der Waals surface area contributed by atoms with E-state index in [1.165, 1.54) is 19.2 Å². The molecule has 1 aromatic carbocycles. The first-order valence-corrected chi connectivity index (χ1v) is 11.5. The number of amidine groups is 1. The molecule has 2 rings (SSSR count). The Hall–Kier alpha value is -0.320. The molecule has 1 saturated heterocycles. The smallest absolute Gasteiger partial charge is 0.311 e. The van der Waals surface area contributed by atoms with Crippen molar-refractivity contribution in [3.05, 3.63) is 28.8 Å². The molecule has 1 fully saturated rings. The van der Waals surface area contributed by atoms with E-state index in [-0.39, 0.29) is 26.9 Å². The molecular weight excluding hydrogens is 474 g/mol. The maximum atomic E-state index is 12.2. The molecule has 6 nitrogen and oxygen atoms in total. The minimum absolute atomic E-state index is 0. The van der Waals surface area contributed by atoms with Crippen LogP contribution in [-0.2, 0) is 15.7 Å². The molecular formula is C17H27BrClN3O3S2. The van der Waals surface area contributed by atoms with Crippen LogP contribution in [0.1, 0.15) is 32.3 Å². The molecule has 10 heteroatoms. The Labute approximate surface area is 181 Å². The first-order chi connectivity index (χ1) is 12.2. The van der Waals surface area contributed by atoms with Crippen molar-refractivity contribution in [2.45, 2.75) is 37.3 Å². The second kappa shape index (κ2) is 9.93. The summed E-state index contributed by atoms with van der Waals surface area (Å²) in [5.74, 6) is 0.420. The summed E-state index contributed by atoms with van der Waals surface area (Å²) in [4.78, 5) is 1.81. The fourth-order valence-electron chi connectivity index (χ4n) is 3.01. The van der Waals surface area contributed by atoms with Gasteiger partial charge < -0.3 is 22.1 Å². The van der Waals surface area contributed by atoms with Gasteiger partial charge in [0.05, 0.1) is 30.9 Å². The quantitative estimate of drug-likeness (QED) is 0.483. The SMILES string of the molecule is CCC[N+](CCC)=C1SCC(O)(c2ccc(Cl)c(S(=O)(=O)NC)c2)N1C.[Br-]. The number of hydrogen-bond donors (Lipinski definition) is 2. The van der Waals surface area contributed by atoms with E-state index in [0.29, 0.717) is 11.3 Å². The molecule has 27 heavy (non-hydrogen) atoms. The zero-order valence-electron chi connectivity index (χ0n) is 16.0. The number of sulfonamides is 1. The average molecular weight is 501 g/mol. The minimum Gasteiger partial charge on any atom is -1.00 e. The molecule has 0 saturated carbocycles. The molecule has 0 aliphatic carbocycles. The third-order valence-electron chi connectivity index (χ3n) is 4.45. The topological polar surface area (TPSA) is 72.6 Å². The zero-order chi connectivity index (χ0) is 19.5. The monoisotopic (exact) mass is 499 g/mol. The summed E-state index contributed by atoms with van der Waals surface area (Å²) in [5.41, 5.74) is -0.781. The van der Waals surface area contributed by atoms with E-state index in [1.807, 2.05) is 11.9 Å². The largest absolute Gasteiger partial charge is 1.00 e. The van der Waals surface area contributed by atoms with Crippen LogP contribution in [0, 0.1) is 0 Å². The van der Waals surface area contributed by atoms with E-state index < -0.39 is 15.7 Å². The van der Waals surface area contributed by atoms with Crippen LogP contribution in [0.15, 0.2) is 23.1 Å². The highest BCUT2D eigenvalue weighted by atomic mass is 79.9. The lowest BCUT2D eigenvalue weighted by molar-refractivity contribution is -0.530. The molecule has 1 aromatic rings. The predicted molar refractivity (Wildman–Crippen MR) is 107 cm³/mol. The molecule has 0 amide bonds. The van der Waals surface area contributed by atoms with Crippen LogP contribution in [0.5, 0.6) is 0 Å². The van der Waals surface area contributed by atoms with Crippen molar-refractivity contribution in [3.63, 3.8) is 0 Å². The fourth-order valence-corrected chi connectivity index (χ4v) is 5.66. The van der Waals surface area contributed by atoms with Crippen LogP contribution >= 0.6 is 23.4 Å². The highest BCUT2D eigenvalue weighted by Gasteiger charge is 2.50. The van der Waals surface area contributed by atoms with Gasteiger partial charge in [0.1, 0.15) is 4.90 Å². The van der Waals surface area contributed by atoms with Crippen LogP contribution in [0.3, 0.4) is 0 Å². The van der Waals surface area contributed by atoms with Crippen LogP contribution in [0.25, 0.3) is 0 Å². The third-order valence-corrected chi connectivity index (χ3v) is 7.69. The van der Waals surface area contributed by atoms with Gasteiger partial charge in [0.15, 0.2) is 0 Å². The normalized spacial score (nSPS) is 19.9. The molecule has 154 valence electrons. The van der Waals surface area contributed by atoms with E-state index in [4.69, 9.17) is 11.6 Å². The summed E-state index contributed by atoms with van der Waals surface area (Å²) in [7, 11) is -0.529. The highest BCUT2D eigenvalue weighted by molar-refractivity contribution is 8.13. The molecule has 0 aromatic heterocycles. The van der Waals surface area contributed by atoms with Gasteiger partial charge in [-0.05, 0) is 43.8 Å². The van der Waals surface area contributed by atoms with Gasteiger partial charge in [-0.2, -0.15) is 0 Å². The molecule has 1 unspecified atom stereocenters. The van der Waals surface area contributed by atoms with Gasteiger partial charge in [0, 0.05) is 5.56 Å². The number of aliphatic hydroxyl groups is 1. The number of nitrogens with zero attached hydrogens (tertiary/aromatic N) is 2. The van der Waals surface area contributed by atoms with E-state index in [0.717, 1.165) is 31.1 Å². The Morgan fingerprint density at radius 2 is 1.93 bits per heavy atom. The van der Waals surface area contributed by atoms with Gasteiger partial charge in [0.2, 0.25) is 15.7 Å². The Bertz CT molecular complexity index is 797. The molecule has 1 heterocycles. The standard InChI is InChI=1S/C17H27ClN3O3S2.BrH/c1-5-9-21(10-6-2)16-20(4)17(22,12-25-16)13-7-8-14(18)15(11-13)26(23,24)19-3;/h7-8,11,19,22H,5-6,9-10,12H2,1-4H3;1H/q+1;/p-1. The van der Waals surface area contributed by atoms with Crippen LogP contribution in [0.4, 0.5) is 0 Å². The number of hydrogen-bond acceptors (Lipinski definition) is 4. The number of benzene rings is 1. The van der Waals surface area contributed by atoms with E-state index in [2.05, 4.69) is 23.1 Å². The average Bonchev–Trinajstić information content (AvgIpc) is 2.91. The molecule has 2 N–H and O–H groups in total. The first kappa shape index (κ1) is 24.7. The maximum absolute atomic E-state index is 12.2. The Morgan fingerprint density at radius 3 is 2.44 bits per heavy atom. The molecule has 1 aliphatic heterocycles. The number of thioether (sulfide) groups is 1. The second-order valence-corrected chi connectivity index (χ2v) is 9.49. The van der Waals surface area contributed by atoms with E-state index in [1.54, 1.807) is 17.8 Å². The summed E-state index contributed by atoms with van der Waals surface area (Å²) >= 11 is 7.66. The van der Waals surface area contributed by atoms with Gasteiger partial charge in [-0.25, -0.2) is 18.0 Å². The molecule has 0 spiro atoms. The van der Waals surface area contributed by atoms with Crippen molar-refractivity contribution in [2.75, 3.05) is 32.9 Å². The van der Waals surface area contributed by atoms with Crippen molar-refractivity contribution < 1.29 is 35.1 Å². The zero-order valence-corrected chi connectivity index (χ0v) is 20.0. The molecule has 1 aliphatic rings. The summed E-state index contributed by atoms with van der Waals surface area (Å²) in [6.07, 6.45) is 2.03. The number of halogens is 2. The maximum Gasteiger partial charge on any atom is 0.311 e. The van der Waals surface area contributed by atoms with Crippen LogP contribution < -0.4 is 21.7 Å². The summed E-state index contributed by atoms with van der Waals surface area (Å²) in [6, 6.07) is 4.66. The van der Waals surface area contributed by atoms with Gasteiger partial charge in [-0.3, -0.25) is 4.58 Å². The van der Waals surface area contributed by atoms with Crippen molar-refractivity contribution in [1.29, 1.82) is 0 Å². The summed E-state index contributed by atoms with van der Waals surface area (Å²) in [6.45, 7) is 6.08. The predicted octanol–water partition coefficient (Wildman–Crippen LogP) is -0.736. The number of nitrogens with one attached hydrogen (secondary N) is 1. The first-order valence-electron chi connectivity index (χ1n) is 8.65. The van der Waals surface area contributed by atoms with Crippen LogP contribution in [-0.4, -0.2) is 61.1 Å². The Kier molecular flexibility index (Phi) is 9.09. The summed E-state index contributed by atoms with van der Waals surface area (Å²) in [5, 5.41) is 12.5.